The van der Waals surface area contributed by atoms with Gasteiger partial charge >= 0.3 is 6.03 Å². The van der Waals surface area contributed by atoms with Gasteiger partial charge in [-0.05, 0) is 61.1 Å². The first-order valence-corrected chi connectivity index (χ1v) is 10.1. The number of aryl methyl sites for hydroxylation is 2. The lowest BCUT2D eigenvalue weighted by atomic mass is 10.1. The Balaban J connectivity index is 1.66. The van der Waals surface area contributed by atoms with Gasteiger partial charge in [-0.1, -0.05) is 31.0 Å². The van der Waals surface area contributed by atoms with Crippen molar-refractivity contribution < 1.29 is 9.90 Å². The van der Waals surface area contributed by atoms with Gasteiger partial charge in [0.15, 0.2) is 5.82 Å². The van der Waals surface area contributed by atoms with Crippen molar-refractivity contribution in [3.63, 3.8) is 0 Å². The number of nitrogens with zero attached hydrogens (tertiary/aromatic N) is 5. The molecule has 2 atom stereocenters. The Morgan fingerprint density at radius 2 is 1.89 bits per heavy atom. The number of hydrogen-bond acceptors (Lipinski definition) is 5. The minimum absolute atomic E-state index is 0.0560. The van der Waals surface area contributed by atoms with Crippen LogP contribution in [-0.4, -0.2) is 54.9 Å². The van der Waals surface area contributed by atoms with Gasteiger partial charge in [0.1, 0.15) is 0 Å². The highest BCUT2D eigenvalue weighted by molar-refractivity contribution is 5.76. The van der Waals surface area contributed by atoms with Gasteiger partial charge in [0, 0.05) is 6.04 Å². The number of rotatable bonds is 4. The van der Waals surface area contributed by atoms with Gasteiger partial charge < -0.3 is 15.3 Å². The third-order valence-corrected chi connectivity index (χ3v) is 6.07. The molecule has 0 spiro atoms. The number of likely N-dealkylation sites (tertiary alicyclic amines) is 1. The summed E-state index contributed by atoms with van der Waals surface area (Å²) in [6.07, 6.45) is 5.82. The number of tetrazole rings is 1. The Bertz CT molecular complexity index is 825. The van der Waals surface area contributed by atoms with Crippen molar-refractivity contribution >= 4 is 6.03 Å². The van der Waals surface area contributed by atoms with E-state index >= 15 is 0 Å². The number of hydrogen-bond donors (Lipinski definition) is 2. The molecule has 1 aromatic heterocycles. The third kappa shape index (κ3) is 3.37. The Kier molecular flexibility index (Phi) is 5.30. The largest absolute Gasteiger partial charge is 0.394 e. The van der Waals surface area contributed by atoms with Gasteiger partial charge in [-0.15, -0.1) is 5.10 Å². The molecule has 1 aromatic carbocycles. The van der Waals surface area contributed by atoms with Crippen LogP contribution in [0.25, 0.3) is 5.69 Å². The fourth-order valence-corrected chi connectivity index (χ4v) is 4.64. The predicted molar refractivity (Wildman–Crippen MR) is 104 cm³/mol. The molecule has 2 N–H and O–H groups in total. The van der Waals surface area contributed by atoms with E-state index in [4.69, 9.17) is 0 Å². The number of benzene rings is 1. The van der Waals surface area contributed by atoms with Crippen molar-refractivity contribution in [1.29, 1.82) is 0 Å². The molecule has 1 saturated carbocycles. The predicted octanol–water partition coefficient (Wildman–Crippen LogP) is 2.43. The highest BCUT2D eigenvalue weighted by Gasteiger charge is 2.41. The molecule has 2 amide bonds. The Labute approximate surface area is 164 Å². The van der Waals surface area contributed by atoms with Gasteiger partial charge in [0.25, 0.3) is 0 Å². The number of nitrogens with one attached hydrogen (secondary N) is 1. The Hall–Kier alpha value is -2.48. The minimum Gasteiger partial charge on any atom is -0.394 e. The average Bonchev–Trinajstić information content (AvgIpc) is 3.41. The summed E-state index contributed by atoms with van der Waals surface area (Å²) in [6.45, 7) is 4.01. The van der Waals surface area contributed by atoms with Gasteiger partial charge in [0.2, 0.25) is 0 Å². The summed E-state index contributed by atoms with van der Waals surface area (Å²) in [5.74, 6) is 0.648. The molecular weight excluding hydrogens is 356 g/mol. The topological polar surface area (TPSA) is 96.2 Å². The first kappa shape index (κ1) is 18.9. The van der Waals surface area contributed by atoms with Crippen LogP contribution < -0.4 is 5.32 Å². The lowest BCUT2D eigenvalue weighted by molar-refractivity contribution is 0.132. The van der Waals surface area contributed by atoms with E-state index < -0.39 is 0 Å². The summed E-state index contributed by atoms with van der Waals surface area (Å²) >= 11 is 0. The van der Waals surface area contributed by atoms with Crippen LogP contribution in [0.4, 0.5) is 4.79 Å². The number of para-hydroxylation sites is 1. The number of urea groups is 1. The van der Waals surface area contributed by atoms with E-state index in [1.165, 1.54) is 0 Å². The highest BCUT2D eigenvalue weighted by atomic mass is 16.3. The first-order valence-electron chi connectivity index (χ1n) is 10.1. The molecule has 150 valence electrons. The second-order valence-electron chi connectivity index (χ2n) is 7.96. The number of aromatic nitrogens is 4. The zero-order valence-corrected chi connectivity index (χ0v) is 16.5. The maximum Gasteiger partial charge on any atom is 0.318 e. The smallest absolute Gasteiger partial charge is 0.318 e. The third-order valence-electron chi connectivity index (χ3n) is 6.07. The van der Waals surface area contributed by atoms with Crippen LogP contribution in [-0.2, 0) is 0 Å². The number of aliphatic hydroxyl groups is 1. The fourth-order valence-electron chi connectivity index (χ4n) is 4.64. The first-order chi connectivity index (χ1) is 13.6. The molecule has 28 heavy (non-hydrogen) atoms. The maximum absolute atomic E-state index is 13.1. The van der Waals surface area contributed by atoms with Crippen molar-refractivity contribution in [3.05, 3.63) is 35.2 Å². The molecule has 0 radical (unpaired) electrons. The van der Waals surface area contributed by atoms with E-state index in [2.05, 4.69) is 20.8 Å². The summed E-state index contributed by atoms with van der Waals surface area (Å²) < 4.78 is 1.75. The van der Waals surface area contributed by atoms with Crippen LogP contribution in [0.5, 0.6) is 0 Å². The fraction of sp³-hybridized carbons (Fsp3) is 0.600. The van der Waals surface area contributed by atoms with Crippen LogP contribution in [0.2, 0.25) is 0 Å². The van der Waals surface area contributed by atoms with Crippen molar-refractivity contribution in [2.45, 2.75) is 70.5 Å². The molecule has 1 aliphatic carbocycles. The van der Waals surface area contributed by atoms with Crippen molar-refractivity contribution in [2.75, 3.05) is 6.61 Å². The molecule has 0 unspecified atom stereocenters. The molecular formula is C20H28N6O2. The van der Waals surface area contributed by atoms with E-state index in [1.807, 2.05) is 32.0 Å². The lowest BCUT2D eigenvalue weighted by Gasteiger charge is -2.30. The van der Waals surface area contributed by atoms with Crippen LogP contribution >= 0.6 is 0 Å². The number of amides is 2. The van der Waals surface area contributed by atoms with Crippen LogP contribution in [0.3, 0.4) is 0 Å². The molecule has 2 aliphatic rings. The quantitative estimate of drug-likeness (QED) is 0.844. The molecule has 2 fully saturated rings. The molecule has 1 saturated heterocycles. The van der Waals surface area contributed by atoms with E-state index in [-0.39, 0.29) is 30.8 Å². The van der Waals surface area contributed by atoms with Crippen LogP contribution in [0, 0.1) is 13.8 Å². The molecule has 8 heteroatoms. The second kappa shape index (κ2) is 7.87. The van der Waals surface area contributed by atoms with Crippen LogP contribution in [0.15, 0.2) is 18.2 Å². The number of aliphatic hydroxyl groups excluding tert-OH is 1. The lowest BCUT2D eigenvalue weighted by Crippen LogP contribution is -2.48. The van der Waals surface area contributed by atoms with E-state index in [9.17, 15) is 9.90 Å². The molecule has 8 nitrogen and oxygen atoms in total. The molecule has 0 bridgehead atoms. The Morgan fingerprint density at radius 3 is 2.57 bits per heavy atom. The van der Waals surface area contributed by atoms with Gasteiger partial charge in [-0.25, -0.2) is 4.79 Å². The summed E-state index contributed by atoms with van der Waals surface area (Å²) in [5, 5.41) is 25.5. The molecule has 4 rings (SSSR count). The van der Waals surface area contributed by atoms with E-state index in [0.717, 1.165) is 55.3 Å². The van der Waals surface area contributed by atoms with Crippen LogP contribution in [0.1, 0.15) is 61.5 Å². The van der Waals surface area contributed by atoms with Gasteiger partial charge in [0.05, 0.1) is 24.4 Å². The van der Waals surface area contributed by atoms with E-state index in [1.54, 1.807) is 9.58 Å². The summed E-state index contributed by atoms with van der Waals surface area (Å²) in [6, 6.07) is 5.71. The number of carbonyl (C=O) groups is 1. The molecule has 1 aliphatic heterocycles. The Morgan fingerprint density at radius 1 is 1.18 bits per heavy atom. The minimum atomic E-state index is -0.257. The van der Waals surface area contributed by atoms with Crippen molar-refractivity contribution in [2.24, 2.45) is 0 Å². The molecule has 2 heterocycles. The summed E-state index contributed by atoms with van der Waals surface area (Å²) in [7, 11) is 0. The van der Waals surface area contributed by atoms with Gasteiger partial charge in [-0.2, -0.15) is 4.68 Å². The molecule has 2 aromatic rings. The summed E-state index contributed by atoms with van der Waals surface area (Å²) in [5.41, 5.74) is 3.10. The standard InChI is InChI=1S/C20H28N6O2/c1-13-6-5-7-14(2)18(13)26-19(22-23-24-26)17-11-10-16(12-27)25(17)20(28)21-15-8-3-4-9-15/h5-7,15-17,27H,3-4,8-12H2,1-2H3,(H,21,28)/t16-,17-/m0/s1. The SMILES string of the molecule is Cc1cccc(C)c1-n1nnnc1[C@@H]1CC[C@@H](CO)N1C(=O)NC1CCCC1. The monoisotopic (exact) mass is 384 g/mol. The average molecular weight is 384 g/mol. The summed E-state index contributed by atoms with van der Waals surface area (Å²) in [4.78, 5) is 14.8. The van der Waals surface area contributed by atoms with Gasteiger partial charge in [-0.3, -0.25) is 0 Å². The van der Waals surface area contributed by atoms with E-state index in [0.29, 0.717) is 5.82 Å². The maximum atomic E-state index is 13.1. The zero-order valence-electron chi connectivity index (χ0n) is 16.5. The highest BCUT2D eigenvalue weighted by Crippen LogP contribution is 2.36. The van der Waals surface area contributed by atoms with Crippen molar-refractivity contribution in [1.82, 2.24) is 30.4 Å². The number of carbonyl (C=O) groups excluding carboxylic acids is 1. The normalized spacial score (nSPS) is 22.8. The van der Waals surface area contributed by atoms with Crippen molar-refractivity contribution in [3.8, 4) is 5.69 Å². The zero-order chi connectivity index (χ0) is 19.7. The second-order valence-corrected chi connectivity index (χ2v) is 7.96.